The lowest BCUT2D eigenvalue weighted by Crippen LogP contribution is -2.45. The zero-order valence-corrected chi connectivity index (χ0v) is 23.0. The lowest BCUT2D eigenvalue weighted by molar-refractivity contribution is -0.139. The van der Waals surface area contributed by atoms with Gasteiger partial charge in [-0.15, -0.1) is 0 Å². The monoisotopic (exact) mass is 558 g/mol. The number of ether oxygens (including phenoxy) is 3. The largest absolute Gasteiger partial charge is 0.489 e. The van der Waals surface area contributed by atoms with E-state index < -0.39 is 17.9 Å². The molecule has 0 aromatic heterocycles. The molecule has 3 aromatic carbocycles. The summed E-state index contributed by atoms with van der Waals surface area (Å²) in [6, 6.07) is 23.8. The Morgan fingerprint density at radius 1 is 1.00 bits per heavy atom. The lowest BCUT2D eigenvalue weighted by atomic mass is 9.95. The Hall–Kier alpha value is -4.70. The summed E-state index contributed by atoms with van der Waals surface area (Å²) < 4.78 is 16.8. The number of rotatable bonds is 11. The first kappa shape index (κ1) is 28.3. The van der Waals surface area contributed by atoms with Crippen molar-refractivity contribution in [3.8, 4) is 11.5 Å². The van der Waals surface area contributed by atoms with Gasteiger partial charge in [0, 0.05) is 11.3 Å². The molecule has 0 saturated heterocycles. The summed E-state index contributed by atoms with van der Waals surface area (Å²) in [5, 5.41) is 10.4. The molecule has 0 radical (unpaired) electrons. The van der Waals surface area contributed by atoms with Crippen LogP contribution in [0.1, 0.15) is 36.6 Å². The quantitative estimate of drug-likeness (QED) is 0.139. The van der Waals surface area contributed by atoms with Crippen LogP contribution in [-0.2, 0) is 20.9 Å². The van der Waals surface area contributed by atoms with Gasteiger partial charge < -0.3 is 24.8 Å². The molecule has 0 spiro atoms. The fourth-order valence-corrected chi connectivity index (χ4v) is 4.27. The molecule has 9 nitrogen and oxygen atoms in total. The molecule has 3 aromatic rings. The highest BCUT2D eigenvalue weighted by atomic mass is 32.1. The average molecular weight is 559 g/mol. The van der Waals surface area contributed by atoms with Crippen LogP contribution in [0.2, 0.25) is 0 Å². The number of amides is 1. The SMILES string of the molecule is CCOC(=O)C1=C(C)NC(=S)N[C@H]1c1ccccc1OCC(=O)NN=Cc1ccc(OCc2ccccc2)cc1. The molecule has 40 heavy (non-hydrogen) atoms. The van der Waals surface area contributed by atoms with Gasteiger partial charge in [-0.2, -0.15) is 5.10 Å². The molecule has 1 aliphatic rings. The second-order valence-electron chi connectivity index (χ2n) is 8.75. The first-order chi connectivity index (χ1) is 19.4. The van der Waals surface area contributed by atoms with Gasteiger partial charge in [0.25, 0.3) is 5.91 Å². The second-order valence-corrected chi connectivity index (χ2v) is 9.16. The van der Waals surface area contributed by atoms with Gasteiger partial charge in [0.2, 0.25) is 0 Å². The van der Waals surface area contributed by atoms with Gasteiger partial charge in [0.1, 0.15) is 18.1 Å². The number of benzene rings is 3. The highest BCUT2D eigenvalue weighted by molar-refractivity contribution is 7.80. The van der Waals surface area contributed by atoms with Gasteiger partial charge in [0.05, 0.1) is 24.4 Å². The predicted octanol–water partition coefficient (Wildman–Crippen LogP) is 4.15. The van der Waals surface area contributed by atoms with E-state index in [9.17, 15) is 9.59 Å². The molecule has 0 saturated carbocycles. The highest BCUT2D eigenvalue weighted by Crippen LogP contribution is 2.33. The average Bonchev–Trinajstić information content (AvgIpc) is 2.96. The standard InChI is InChI=1S/C30H30N4O5S/c1-3-37-29(36)27-20(2)32-30(40)33-28(27)24-11-7-8-12-25(24)39-19-26(35)34-31-17-21-13-15-23(16-14-21)38-18-22-9-5-4-6-10-22/h4-17,28H,3,18-19H2,1-2H3,(H,34,35)(H2,32,33,40)/t28-/m0/s1. The topological polar surface area (TPSA) is 110 Å². The van der Waals surface area contributed by atoms with Crippen LogP contribution in [0.3, 0.4) is 0 Å². The van der Waals surface area contributed by atoms with Crippen molar-refractivity contribution in [1.29, 1.82) is 0 Å². The van der Waals surface area contributed by atoms with E-state index in [1.54, 1.807) is 32.0 Å². The fraction of sp³-hybridized carbons (Fsp3) is 0.200. The number of hydrogen-bond acceptors (Lipinski definition) is 7. The summed E-state index contributed by atoms with van der Waals surface area (Å²) >= 11 is 5.31. The van der Waals surface area contributed by atoms with Crippen molar-refractivity contribution in [3.05, 3.63) is 107 Å². The zero-order chi connectivity index (χ0) is 28.3. The molecule has 1 heterocycles. The normalized spacial score (nSPS) is 14.8. The number of nitrogens with one attached hydrogen (secondary N) is 3. The van der Waals surface area contributed by atoms with E-state index >= 15 is 0 Å². The molecule has 0 unspecified atom stereocenters. The number of thiocarbonyl (C=S) groups is 1. The molecule has 4 rings (SSSR count). The molecular weight excluding hydrogens is 528 g/mol. The Kier molecular flexibility index (Phi) is 9.84. The van der Waals surface area contributed by atoms with Crippen LogP contribution in [0.15, 0.2) is 95.2 Å². The Morgan fingerprint density at radius 3 is 2.48 bits per heavy atom. The molecule has 1 aliphatic heterocycles. The molecule has 1 amide bonds. The van der Waals surface area contributed by atoms with Gasteiger partial charge in [-0.3, -0.25) is 4.79 Å². The number of hydrazone groups is 1. The summed E-state index contributed by atoms with van der Waals surface area (Å²) in [4.78, 5) is 25.1. The summed E-state index contributed by atoms with van der Waals surface area (Å²) in [5.74, 6) is 0.243. The predicted molar refractivity (Wildman–Crippen MR) is 156 cm³/mol. The molecule has 206 valence electrons. The first-order valence-electron chi connectivity index (χ1n) is 12.7. The number of carbonyl (C=O) groups excluding carboxylic acids is 2. The van der Waals surface area contributed by atoms with Crippen molar-refractivity contribution in [2.24, 2.45) is 5.10 Å². The summed E-state index contributed by atoms with van der Waals surface area (Å²) in [7, 11) is 0. The Balaban J connectivity index is 1.33. The molecular formula is C30H30N4O5S. The van der Waals surface area contributed by atoms with E-state index in [4.69, 9.17) is 26.4 Å². The number of hydrogen-bond donors (Lipinski definition) is 3. The van der Waals surface area contributed by atoms with E-state index in [2.05, 4.69) is 21.2 Å². The maximum Gasteiger partial charge on any atom is 0.338 e. The molecule has 0 aliphatic carbocycles. The number of allylic oxidation sites excluding steroid dienone is 1. The number of carbonyl (C=O) groups is 2. The molecule has 1 atom stereocenters. The van der Waals surface area contributed by atoms with E-state index in [1.165, 1.54) is 6.21 Å². The van der Waals surface area contributed by atoms with Crippen molar-refractivity contribution in [1.82, 2.24) is 16.1 Å². The minimum absolute atomic E-state index is 0.234. The van der Waals surface area contributed by atoms with Crippen molar-refractivity contribution in [2.45, 2.75) is 26.5 Å². The highest BCUT2D eigenvalue weighted by Gasteiger charge is 2.32. The van der Waals surface area contributed by atoms with Crippen LogP contribution in [0.4, 0.5) is 0 Å². The molecule has 3 N–H and O–H groups in total. The third-order valence-corrected chi connectivity index (χ3v) is 6.10. The minimum atomic E-state index is -0.607. The maximum absolute atomic E-state index is 12.7. The molecule has 0 bridgehead atoms. The van der Waals surface area contributed by atoms with Crippen LogP contribution in [0, 0.1) is 0 Å². The zero-order valence-electron chi connectivity index (χ0n) is 22.2. The van der Waals surface area contributed by atoms with Crippen LogP contribution < -0.4 is 25.5 Å². The van der Waals surface area contributed by atoms with Crippen molar-refractivity contribution >= 4 is 35.4 Å². The third-order valence-electron chi connectivity index (χ3n) is 5.88. The summed E-state index contributed by atoms with van der Waals surface area (Å²) in [6.45, 7) is 3.93. The Bertz CT molecular complexity index is 1410. The van der Waals surface area contributed by atoms with E-state index in [1.807, 2.05) is 60.7 Å². The van der Waals surface area contributed by atoms with Gasteiger partial charge in [-0.05, 0) is 67.5 Å². The van der Waals surface area contributed by atoms with E-state index in [-0.39, 0.29) is 13.2 Å². The number of esters is 1. The second kappa shape index (κ2) is 13.9. The Morgan fingerprint density at radius 2 is 1.73 bits per heavy atom. The van der Waals surface area contributed by atoms with Gasteiger partial charge in [-0.25, -0.2) is 10.2 Å². The van der Waals surface area contributed by atoms with Gasteiger partial charge in [0.15, 0.2) is 11.7 Å². The smallest absolute Gasteiger partial charge is 0.338 e. The first-order valence-corrected chi connectivity index (χ1v) is 13.1. The number of para-hydroxylation sites is 1. The number of nitrogens with zero attached hydrogens (tertiary/aromatic N) is 1. The van der Waals surface area contributed by atoms with Gasteiger partial charge in [-0.1, -0.05) is 48.5 Å². The maximum atomic E-state index is 12.7. The summed E-state index contributed by atoms with van der Waals surface area (Å²) in [5.41, 5.74) is 5.95. The van der Waals surface area contributed by atoms with Crippen molar-refractivity contribution in [2.75, 3.05) is 13.2 Å². The van der Waals surface area contributed by atoms with Crippen molar-refractivity contribution < 1.29 is 23.8 Å². The minimum Gasteiger partial charge on any atom is -0.489 e. The van der Waals surface area contributed by atoms with E-state index in [0.717, 1.165) is 16.9 Å². The van der Waals surface area contributed by atoms with Crippen LogP contribution in [-0.4, -0.2) is 36.4 Å². The molecule has 10 heteroatoms. The van der Waals surface area contributed by atoms with Crippen LogP contribution >= 0.6 is 12.2 Å². The summed E-state index contributed by atoms with van der Waals surface area (Å²) in [6.07, 6.45) is 1.53. The Labute approximate surface area is 238 Å². The van der Waals surface area contributed by atoms with Gasteiger partial charge >= 0.3 is 5.97 Å². The molecule has 0 fully saturated rings. The van der Waals surface area contributed by atoms with Crippen LogP contribution in [0.5, 0.6) is 11.5 Å². The van der Waals surface area contributed by atoms with Crippen molar-refractivity contribution in [3.63, 3.8) is 0 Å². The lowest BCUT2D eigenvalue weighted by Gasteiger charge is -2.30. The van der Waals surface area contributed by atoms with E-state index in [0.29, 0.717) is 34.3 Å². The van der Waals surface area contributed by atoms with Crippen LogP contribution in [0.25, 0.3) is 0 Å². The third kappa shape index (κ3) is 7.67. The fourth-order valence-electron chi connectivity index (χ4n) is 4.00.